The van der Waals surface area contributed by atoms with Gasteiger partial charge in [-0.05, 0) is 13.8 Å². The van der Waals surface area contributed by atoms with Crippen LogP contribution in [-0.2, 0) is 0 Å². The summed E-state index contributed by atoms with van der Waals surface area (Å²) in [6.07, 6.45) is 1.86. The summed E-state index contributed by atoms with van der Waals surface area (Å²) in [7, 11) is 3.92. The van der Waals surface area contributed by atoms with Crippen molar-refractivity contribution in [2.45, 2.75) is 19.9 Å². The SMILES string of the molecule is CC(C)n1cc(N)nc1N(C)C. The second kappa shape index (κ2) is 3.05. The Labute approximate surface area is 73.0 Å². The third kappa shape index (κ3) is 1.52. The van der Waals surface area contributed by atoms with Crippen LogP contribution in [0.15, 0.2) is 6.20 Å². The Morgan fingerprint density at radius 3 is 2.42 bits per heavy atom. The first-order chi connectivity index (χ1) is 5.52. The summed E-state index contributed by atoms with van der Waals surface area (Å²) in [5, 5.41) is 0. The maximum atomic E-state index is 5.60. The molecule has 0 radical (unpaired) electrons. The molecule has 0 aliphatic rings. The number of anilines is 2. The molecule has 0 saturated heterocycles. The van der Waals surface area contributed by atoms with Crippen LogP contribution in [0.4, 0.5) is 11.8 Å². The summed E-state index contributed by atoms with van der Waals surface area (Å²) in [6, 6.07) is 0.396. The van der Waals surface area contributed by atoms with Gasteiger partial charge >= 0.3 is 0 Å². The number of aromatic nitrogens is 2. The minimum absolute atomic E-state index is 0.396. The first kappa shape index (κ1) is 8.90. The molecule has 1 aromatic rings. The Balaban J connectivity index is 3.08. The molecule has 4 nitrogen and oxygen atoms in total. The first-order valence-electron chi connectivity index (χ1n) is 4.04. The lowest BCUT2D eigenvalue weighted by Crippen LogP contribution is -2.16. The summed E-state index contributed by atoms with van der Waals surface area (Å²) >= 11 is 0. The van der Waals surface area contributed by atoms with Crippen molar-refractivity contribution in [3.63, 3.8) is 0 Å². The fraction of sp³-hybridized carbons (Fsp3) is 0.625. The van der Waals surface area contributed by atoms with Gasteiger partial charge in [0.1, 0.15) is 5.82 Å². The third-order valence-corrected chi connectivity index (χ3v) is 1.69. The predicted octanol–water partition coefficient (Wildman–Crippen LogP) is 1.11. The number of hydrogen-bond donors (Lipinski definition) is 1. The molecular weight excluding hydrogens is 152 g/mol. The lowest BCUT2D eigenvalue weighted by molar-refractivity contribution is 0.598. The monoisotopic (exact) mass is 168 g/mol. The minimum atomic E-state index is 0.396. The zero-order valence-corrected chi connectivity index (χ0v) is 8.07. The van der Waals surface area contributed by atoms with Gasteiger partial charge in [-0.2, -0.15) is 4.98 Å². The molecule has 0 aliphatic heterocycles. The number of nitrogens with zero attached hydrogens (tertiary/aromatic N) is 3. The predicted molar refractivity (Wildman–Crippen MR) is 51.4 cm³/mol. The average molecular weight is 168 g/mol. The van der Waals surface area contributed by atoms with Crippen LogP contribution in [-0.4, -0.2) is 23.6 Å². The van der Waals surface area contributed by atoms with Gasteiger partial charge < -0.3 is 15.2 Å². The molecule has 1 heterocycles. The van der Waals surface area contributed by atoms with Gasteiger partial charge in [-0.15, -0.1) is 0 Å². The van der Waals surface area contributed by atoms with Gasteiger partial charge in [0.25, 0.3) is 0 Å². The van der Waals surface area contributed by atoms with Crippen LogP contribution in [0.5, 0.6) is 0 Å². The maximum absolute atomic E-state index is 5.60. The topological polar surface area (TPSA) is 47.1 Å². The van der Waals surface area contributed by atoms with Crippen molar-refractivity contribution in [2.75, 3.05) is 24.7 Å². The maximum Gasteiger partial charge on any atom is 0.207 e. The van der Waals surface area contributed by atoms with E-state index < -0.39 is 0 Å². The first-order valence-corrected chi connectivity index (χ1v) is 4.04. The molecule has 12 heavy (non-hydrogen) atoms. The number of imidazole rings is 1. The highest BCUT2D eigenvalue weighted by molar-refractivity contribution is 5.40. The van der Waals surface area contributed by atoms with Crippen molar-refractivity contribution in [3.05, 3.63) is 6.20 Å². The zero-order valence-electron chi connectivity index (χ0n) is 8.07. The number of hydrogen-bond acceptors (Lipinski definition) is 3. The smallest absolute Gasteiger partial charge is 0.207 e. The molecule has 0 atom stereocenters. The van der Waals surface area contributed by atoms with Gasteiger partial charge in [-0.3, -0.25) is 0 Å². The fourth-order valence-electron chi connectivity index (χ4n) is 1.11. The van der Waals surface area contributed by atoms with Gasteiger partial charge in [0.05, 0.1) is 0 Å². The van der Waals surface area contributed by atoms with Crippen LogP contribution in [0, 0.1) is 0 Å². The van der Waals surface area contributed by atoms with Crippen LogP contribution >= 0.6 is 0 Å². The van der Waals surface area contributed by atoms with E-state index in [-0.39, 0.29) is 0 Å². The molecule has 1 rings (SSSR count). The molecule has 1 aromatic heterocycles. The van der Waals surface area contributed by atoms with Crippen molar-refractivity contribution in [1.29, 1.82) is 0 Å². The van der Waals surface area contributed by atoms with Crippen LogP contribution in [0.25, 0.3) is 0 Å². The average Bonchev–Trinajstić information content (AvgIpc) is 2.31. The van der Waals surface area contributed by atoms with E-state index in [1.165, 1.54) is 0 Å². The molecule has 4 heteroatoms. The Hall–Kier alpha value is -1.19. The van der Waals surface area contributed by atoms with E-state index in [1.54, 1.807) is 0 Å². The molecule has 0 spiro atoms. The van der Waals surface area contributed by atoms with E-state index in [2.05, 4.69) is 23.4 Å². The Bertz CT molecular complexity index is 237. The lowest BCUT2D eigenvalue weighted by Gasteiger charge is -2.16. The van der Waals surface area contributed by atoms with E-state index in [1.807, 2.05) is 25.2 Å². The van der Waals surface area contributed by atoms with Crippen LogP contribution in [0.1, 0.15) is 19.9 Å². The molecular formula is C8H16N4. The second-order valence-corrected chi connectivity index (χ2v) is 3.36. The lowest BCUT2D eigenvalue weighted by atomic mass is 10.4. The fourth-order valence-corrected chi connectivity index (χ4v) is 1.11. The summed E-state index contributed by atoms with van der Waals surface area (Å²) < 4.78 is 2.05. The highest BCUT2D eigenvalue weighted by atomic mass is 15.3. The number of rotatable bonds is 2. The molecule has 0 aliphatic carbocycles. The molecule has 0 fully saturated rings. The third-order valence-electron chi connectivity index (χ3n) is 1.69. The van der Waals surface area contributed by atoms with Crippen molar-refractivity contribution in [3.8, 4) is 0 Å². The Kier molecular flexibility index (Phi) is 2.26. The van der Waals surface area contributed by atoms with Gasteiger partial charge in [-0.25, -0.2) is 0 Å². The van der Waals surface area contributed by atoms with Gasteiger partial charge in [-0.1, -0.05) is 0 Å². The number of nitrogens with two attached hydrogens (primary N) is 1. The molecule has 0 saturated carbocycles. The molecule has 0 bridgehead atoms. The van der Waals surface area contributed by atoms with Crippen molar-refractivity contribution in [1.82, 2.24) is 9.55 Å². The van der Waals surface area contributed by atoms with E-state index in [0.717, 1.165) is 5.95 Å². The van der Waals surface area contributed by atoms with Crippen LogP contribution in [0.3, 0.4) is 0 Å². The molecule has 0 amide bonds. The van der Waals surface area contributed by atoms with Crippen LogP contribution < -0.4 is 10.6 Å². The van der Waals surface area contributed by atoms with E-state index in [9.17, 15) is 0 Å². The Morgan fingerprint density at radius 2 is 2.08 bits per heavy atom. The van der Waals surface area contributed by atoms with E-state index >= 15 is 0 Å². The highest BCUT2D eigenvalue weighted by Gasteiger charge is 2.09. The highest BCUT2D eigenvalue weighted by Crippen LogP contribution is 2.18. The summed E-state index contributed by atoms with van der Waals surface area (Å²) in [6.45, 7) is 4.21. The summed E-state index contributed by atoms with van der Waals surface area (Å²) in [4.78, 5) is 6.15. The van der Waals surface area contributed by atoms with E-state index in [0.29, 0.717) is 11.9 Å². The quantitative estimate of drug-likeness (QED) is 0.719. The summed E-state index contributed by atoms with van der Waals surface area (Å²) in [5.41, 5.74) is 5.60. The summed E-state index contributed by atoms with van der Waals surface area (Å²) in [5.74, 6) is 1.48. The van der Waals surface area contributed by atoms with E-state index in [4.69, 9.17) is 5.73 Å². The van der Waals surface area contributed by atoms with Gasteiger partial charge in [0.2, 0.25) is 5.95 Å². The van der Waals surface area contributed by atoms with Crippen molar-refractivity contribution >= 4 is 11.8 Å². The zero-order chi connectivity index (χ0) is 9.30. The largest absolute Gasteiger partial charge is 0.382 e. The molecule has 2 N–H and O–H groups in total. The minimum Gasteiger partial charge on any atom is -0.382 e. The van der Waals surface area contributed by atoms with Crippen molar-refractivity contribution < 1.29 is 0 Å². The van der Waals surface area contributed by atoms with Crippen molar-refractivity contribution in [2.24, 2.45) is 0 Å². The normalized spacial score (nSPS) is 10.8. The van der Waals surface area contributed by atoms with Gasteiger partial charge in [0, 0.05) is 26.3 Å². The molecule has 0 aromatic carbocycles. The Morgan fingerprint density at radius 1 is 1.50 bits per heavy atom. The number of nitrogen functional groups attached to an aromatic ring is 1. The van der Waals surface area contributed by atoms with Gasteiger partial charge in [0.15, 0.2) is 0 Å². The molecule has 68 valence electrons. The van der Waals surface area contributed by atoms with Crippen LogP contribution in [0.2, 0.25) is 0 Å². The molecule has 0 unspecified atom stereocenters. The standard InChI is InChI=1S/C8H16N4/c1-6(2)12-5-7(9)10-8(12)11(3)4/h5-6H,9H2,1-4H3. The second-order valence-electron chi connectivity index (χ2n) is 3.36.